The molecule has 7 nitrogen and oxygen atoms in total. The monoisotopic (exact) mass is 333 g/mol. The second-order valence-electron chi connectivity index (χ2n) is 4.77. The van der Waals surface area contributed by atoms with E-state index in [1.165, 1.54) is 21.9 Å². The molecule has 8 heteroatoms. The number of hydrogen-bond donors (Lipinski definition) is 1. The Kier molecular flexibility index (Phi) is 4.84. The van der Waals surface area contributed by atoms with Gasteiger partial charge in [0.15, 0.2) is 4.96 Å². The molecule has 3 rings (SSSR count). The lowest BCUT2D eigenvalue weighted by Gasteiger charge is -2.05. The van der Waals surface area contributed by atoms with Crippen molar-refractivity contribution in [3.05, 3.63) is 57.8 Å². The van der Waals surface area contributed by atoms with E-state index in [9.17, 15) is 9.59 Å². The van der Waals surface area contributed by atoms with Gasteiger partial charge in [0.2, 0.25) is 0 Å². The molecule has 0 aromatic carbocycles. The molecule has 0 spiro atoms. The van der Waals surface area contributed by atoms with Crippen LogP contribution in [0.5, 0.6) is 0 Å². The van der Waals surface area contributed by atoms with E-state index in [4.69, 9.17) is 9.15 Å². The minimum absolute atomic E-state index is 0.0393. The third-order valence-electron chi connectivity index (χ3n) is 3.16. The van der Waals surface area contributed by atoms with Crippen LogP contribution in [0.3, 0.4) is 0 Å². The summed E-state index contributed by atoms with van der Waals surface area (Å²) in [6.07, 6.45) is 5.16. The zero-order chi connectivity index (χ0) is 16.1. The van der Waals surface area contributed by atoms with Crippen LogP contribution in [0.15, 0.2) is 45.4 Å². The van der Waals surface area contributed by atoms with Crippen LogP contribution < -0.4 is 10.9 Å². The van der Waals surface area contributed by atoms with Crippen LogP contribution in [-0.2, 0) is 11.3 Å². The Hall–Kier alpha value is -2.45. The summed E-state index contributed by atoms with van der Waals surface area (Å²) < 4.78 is 11.9. The highest BCUT2D eigenvalue weighted by Gasteiger charge is 2.13. The second-order valence-corrected chi connectivity index (χ2v) is 5.65. The number of carbonyl (C=O) groups is 1. The first-order valence-corrected chi connectivity index (χ1v) is 7.97. The highest BCUT2D eigenvalue weighted by atomic mass is 32.1. The zero-order valence-corrected chi connectivity index (χ0v) is 13.0. The first kappa shape index (κ1) is 15.4. The molecule has 1 amide bonds. The molecule has 0 radical (unpaired) electrons. The third kappa shape index (κ3) is 3.66. The van der Waals surface area contributed by atoms with Crippen molar-refractivity contribution in [3.8, 4) is 0 Å². The maximum absolute atomic E-state index is 12.1. The quantitative estimate of drug-likeness (QED) is 0.665. The fourth-order valence-corrected chi connectivity index (χ4v) is 2.69. The first-order valence-electron chi connectivity index (χ1n) is 7.09. The number of amides is 1. The smallest absolute Gasteiger partial charge is 0.271 e. The Bertz CT molecular complexity index is 838. The zero-order valence-electron chi connectivity index (χ0n) is 12.2. The van der Waals surface area contributed by atoms with Crippen LogP contribution in [0.2, 0.25) is 0 Å². The molecular weight excluding hydrogens is 318 g/mol. The van der Waals surface area contributed by atoms with E-state index in [1.54, 1.807) is 23.9 Å². The number of rotatable bonds is 7. The molecule has 0 aliphatic carbocycles. The summed E-state index contributed by atoms with van der Waals surface area (Å²) in [5, 5.41) is 4.45. The van der Waals surface area contributed by atoms with Crippen molar-refractivity contribution >= 4 is 22.2 Å². The van der Waals surface area contributed by atoms with E-state index >= 15 is 0 Å². The second kappa shape index (κ2) is 7.21. The van der Waals surface area contributed by atoms with E-state index in [2.05, 4.69) is 10.3 Å². The molecule has 0 saturated carbocycles. The van der Waals surface area contributed by atoms with Gasteiger partial charge in [-0.15, -0.1) is 11.3 Å². The summed E-state index contributed by atoms with van der Waals surface area (Å²) in [5.74, 6) is 0.339. The molecule has 0 atom stereocenters. The van der Waals surface area contributed by atoms with E-state index in [0.717, 1.165) is 5.76 Å². The van der Waals surface area contributed by atoms with E-state index < -0.39 is 5.91 Å². The van der Waals surface area contributed by atoms with Crippen LogP contribution in [0.25, 0.3) is 4.96 Å². The normalized spacial score (nSPS) is 11.0. The van der Waals surface area contributed by atoms with Crippen LogP contribution >= 0.6 is 11.3 Å². The van der Waals surface area contributed by atoms with Gasteiger partial charge in [0.05, 0.1) is 6.26 Å². The van der Waals surface area contributed by atoms with Gasteiger partial charge in [-0.3, -0.25) is 14.0 Å². The van der Waals surface area contributed by atoms with Crippen molar-refractivity contribution < 1.29 is 13.9 Å². The predicted molar refractivity (Wildman–Crippen MR) is 84.7 cm³/mol. The number of thiazole rings is 1. The molecule has 0 saturated heterocycles. The van der Waals surface area contributed by atoms with Gasteiger partial charge in [-0.25, -0.2) is 4.98 Å². The summed E-state index contributed by atoms with van der Waals surface area (Å²) in [4.78, 5) is 28.8. The lowest BCUT2D eigenvalue weighted by Crippen LogP contribution is -2.32. The van der Waals surface area contributed by atoms with Gasteiger partial charge in [0, 0.05) is 30.9 Å². The van der Waals surface area contributed by atoms with Crippen LogP contribution in [-0.4, -0.2) is 28.4 Å². The summed E-state index contributed by atoms with van der Waals surface area (Å²) in [7, 11) is 0. The lowest BCUT2D eigenvalue weighted by molar-refractivity contribution is 0.0915. The van der Waals surface area contributed by atoms with Crippen molar-refractivity contribution in [2.45, 2.75) is 13.0 Å². The molecule has 0 unspecified atom stereocenters. The van der Waals surface area contributed by atoms with Gasteiger partial charge in [-0.2, -0.15) is 0 Å². The predicted octanol–water partition coefficient (Wildman–Crippen LogP) is 1.69. The minimum atomic E-state index is -0.422. The number of aromatic nitrogens is 2. The SMILES string of the molecule is O=C(NCCCOCc1ccco1)c1cnc2sccn2c1=O. The molecule has 3 aromatic rings. The summed E-state index contributed by atoms with van der Waals surface area (Å²) in [5.41, 5.74) is -0.319. The summed E-state index contributed by atoms with van der Waals surface area (Å²) >= 11 is 1.34. The fraction of sp³-hybridized carbons (Fsp3) is 0.267. The van der Waals surface area contributed by atoms with Crippen molar-refractivity contribution in [1.82, 2.24) is 14.7 Å². The average Bonchev–Trinajstić information content (AvgIpc) is 3.22. The molecule has 0 bridgehead atoms. The fourth-order valence-electron chi connectivity index (χ4n) is 2.02. The molecule has 120 valence electrons. The topological polar surface area (TPSA) is 85.8 Å². The Labute approximate surface area is 135 Å². The van der Waals surface area contributed by atoms with Crippen LogP contribution in [0.1, 0.15) is 22.5 Å². The van der Waals surface area contributed by atoms with Crippen LogP contribution in [0.4, 0.5) is 0 Å². The maximum Gasteiger partial charge on any atom is 0.271 e. The Morgan fingerprint density at radius 2 is 2.39 bits per heavy atom. The molecule has 0 aliphatic heterocycles. The van der Waals surface area contributed by atoms with Crippen molar-refractivity contribution in [3.63, 3.8) is 0 Å². The average molecular weight is 333 g/mol. The number of carbonyl (C=O) groups excluding carboxylic acids is 1. The number of furan rings is 1. The van der Waals surface area contributed by atoms with Crippen molar-refractivity contribution in [2.24, 2.45) is 0 Å². The van der Waals surface area contributed by atoms with Crippen LogP contribution in [0, 0.1) is 0 Å². The number of ether oxygens (including phenoxy) is 1. The number of fused-ring (bicyclic) bond motifs is 1. The summed E-state index contributed by atoms with van der Waals surface area (Å²) in [6.45, 7) is 1.31. The molecule has 3 heterocycles. The number of hydrogen-bond acceptors (Lipinski definition) is 6. The van der Waals surface area contributed by atoms with Gasteiger partial charge in [-0.1, -0.05) is 0 Å². The molecule has 0 fully saturated rings. The van der Waals surface area contributed by atoms with Crippen molar-refractivity contribution in [2.75, 3.05) is 13.2 Å². The van der Waals surface area contributed by atoms with Gasteiger partial charge in [0.25, 0.3) is 11.5 Å². The van der Waals surface area contributed by atoms with E-state index in [-0.39, 0.29) is 11.1 Å². The summed E-state index contributed by atoms with van der Waals surface area (Å²) in [6, 6.07) is 3.64. The van der Waals surface area contributed by atoms with E-state index in [0.29, 0.717) is 31.1 Å². The highest BCUT2D eigenvalue weighted by Crippen LogP contribution is 2.05. The van der Waals surface area contributed by atoms with Gasteiger partial charge < -0.3 is 14.5 Å². The first-order chi connectivity index (χ1) is 11.3. The van der Waals surface area contributed by atoms with E-state index in [1.807, 2.05) is 6.07 Å². The largest absolute Gasteiger partial charge is 0.467 e. The standard InChI is InChI=1S/C15H15N3O4S/c19-13(12-9-17-15-18(14(12)20)5-8-23-15)16-4-2-6-21-10-11-3-1-7-22-11/h1,3,5,7-9H,2,4,6,10H2,(H,16,19). The Balaban J connectivity index is 1.45. The third-order valence-corrected chi connectivity index (χ3v) is 3.93. The molecule has 0 aliphatic rings. The number of nitrogens with zero attached hydrogens (tertiary/aromatic N) is 2. The molecule has 23 heavy (non-hydrogen) atoms. The lowest BCUT2D eigenvalue weighted by atomic mass is 10.3. The molecular formula is C15H15N3O4S. The Morgan fingerprint density at radius 1 is 1.48 bits per heavy atom. The highest BCUT2D eigenvalue weighted by molar-refractivity contribution is 7.15. The van der Waals surface area contributed by atoms with Crippen molar-refractivity contribution in [1.29, 1.82) is 0 Å². The maximum atomic E-state index is 12.1. The molecule has 1 N–H and O–H groups in total. The number of nitrogens with one attached hydrogen (secondary N) is 1. The van der Waals surface area contributed by atoms with Gasteiger partial charge in [-0.05, 0) is 18.6 Å². The Morgan fingerprint density at radius 3 is 3.22 bits per heavy atom. The molecule has 3 aromatic heterocycles. The minimum Gasteiger partial charge on any atom is -0.467 e. The van der Waals surface area contributed by atoms with Gasteiger partial charge in [0.1, 0.15) is 17.9 Å². The van der Waals surface area contributed by atoms with Gasteiger partial charge >= 0.3 is 0 Å².